The molecule has 0 saturated heterocycles. The van der Waals surface area contributed by atoms with Crippen molar-refractivity contribution < 1.29 is 33.0 Å². The van der Waals surface area contributed by atoms with Crippen LogP contribution in [0.15, 0.2) is 4.15 Å². The van der Waals surface area contributed by atoms with Gasteiger partial charge in [-0.05, 0) is 0 Å². The fraction of sp³-hybridized carbons (Fsp3) is 0. The van der Waals surface area contributed by atoms with Crippen LogP contribution >= 0.6 is 7.83 Å². The van der Waals surface area contributed by atoms with Crippen LogP contribution < -0.4 is 4.49 Å². The van der Waals surface area contributed by atoms with Crippen LogP contribution in [-0.4, -0.2) is 16.8 Å². The Morgan fingerprint density at radius 2 is 1.46 bits per heavy atom. The number of nitrogens with one attached hydrogen (secondary N) is 1. The lowest BCUT2D eigenvalue weighted by Gasteiger charge is -1.99. The maximum atomic E-state index is 12.0. The van der Waals surface area contributed by atoms with Crippen LogP contribution in [0.5, 0.6) is 0 Å². The van der Waals surface area contributed by atoms with Gasteiger partial charge in [-0.3, -0.25) is 0 Å². The summed E-state index contributed by atoms with van der Waals surface area (Å²) in [7, 11) is -18.0. The average Bonchev–Trinajstić information content (AvgIpc) is 1.43. The van der Waals surface area contributed by atoms with Crippen molar-refractivity contribution in [1.29, 1.82) is 0 Å². The zero-order chi connectivity index (χ0) is 10.9. The van der Waals surface area contributed by atoms with E-state index in [1.165, 1.54) is 4.15 Å². The minimum absolute atomic E-state index is 0.0505. The summed E-state index contributed by atoms with van der Waals surface area (Å²) < 4.78 is 86.1. The summed E-state index contributed by atoms with van der Waals surface area (Å²) in [5.41, 5.74) is 0. The quantitative estimate of drug-likeness (QED) is 0.465. The molecule has 13 heavy (non-hydrogen) atoms. The van der Waals surface area contributed by atoms with Gasteiger partial charge in [0.15, 0.2) is 0 Å². The molecule has 0 bridgehead atoms. The van der Waals surface area contributed by atoms with Gasteiger partial charge in [-0.15, -0.1) is 0 Å². The summed E-state index contributed by atoms with van der Waals surface area (Å²) >= 11 is 0. The Balaban J connectivity index is 5.13. The van der Waals surface area contributed by atoms with Crippen molar-refractivity contribution >= 4 is 28.6 Å². The molecule has 0 fully saturated rings. The molecule has 0 heterocycles. The van der Waals surface area contributed by atoms with Crippen LogP contribution in [-0.2, 0) is 20.8 Å². The Bertz CT molecular complexity index is 429. The highest BCUT2D eigenvalue weighted by Gasteiger charge is 2.28. The SMILES string of the molecule is O=S(=O)(F)N=P(F)(F)NS(=O)(=O)F. The lowest BCUT2D eigenvalue weighted by molar-refractivity contribution is 0.544. The minimum atomic E-state index is -6.24. The molecule has 0 rings (SSSR count). The first-order valence-corrected chi connectivity index (χ1v) is 6.37. The van der Waals surface area contributed by atoms with Crippen molar-refractivity contribution in [2.45, 2.75) is 0 Å². The van der Waals surface area contributed by atoms with E-state index in [4.69, 9.17) is 0 Å². The van der Waals surface area contributed by atoms with Crippen LogP contribution in [0.25, 0.3) is 0 Å². The Labute approximate surface area is 71.0 Å². The van der Waals surface area contributed by atoms with Crippen molar-refractivity contribution in [3.63, 3.8) is 0 Å². The largest absolute Gasteiger partial charge is 0.422 e. The number of hydrogen-bond donors (Lipinski definition) is 1. The van der Waals surface area contributed by atoms with E-state index in [2.05, 4.69) is 0 Å². The molecule has 13 heteroatoms. The van der Waals surface area contributed by atoms with Gasteiger partial charge in [0.25, 0.3) is 0 Å². The molecule has 0 unspecified atom stereocenters. The van der Waals surface area contributed by atoms with Gasteiger partial charge in [0, 0.05) is 0 Å². The van der Waals surface area contributed by atoms with Gasteiger partial charge in [-0.2, -0.15) is 25.2 Å². The molecule has 0 aromatic carbocycles. The molecule has 0 aliphatic rings. The fourth-order valence-electron chi connectivity index (χ4n) is 0.270. The Kier molecular flexibility index (Phi) is 3.47. The molecule has 0 aromatic heterocycles. The van der Waals surface area contributed by atoms with E-state index in [9.17, 15) is 33.0 Å². The fourth-order valence-corrected chi connectivity index (χ4v) is 2.73. The number of hydrogen-bond acceptors (Lipinski definition) is 4. The third-order valence-electron chi connectivity index (χ3n) is 0.419. The molecule has 0 saturated carbocycles. The number of rotatable bonds is 3. The van der Waals surface area contributed by atoms with E-state index >= 15 is 0 Å². The lowest BCUT2D eigenvalue weighted by Crippen LogP contribution is -2.11. The van der Waals surface area contributed by atoms with Crippen molar-refractivity contribution in [3.05, 3.63) is 0 Å². The molecule has 0 aliphatic heterocycles. The topological polar surface area (TPSA) is 92.7 Å². The summed E-state index contributed by atoms with van der Waals surface area (Å²) in [6.07, 6.45) is 0. The molecule has 0 atom stereocenters. The van der Waals surface area contributed by atoms with Crippen LogP contribution in [0, 0.1) is 0 Å². The summed E-state index contributed by atoms with van der Waals surface area (Å²) in [6.45, 7) is 0. The highest BCUT2D eigenvalue weighted by molar-refractivity contribution is 7.93. The van der Waals surface area contributed by atoms with Gasteiger partial charge in [0.05, 0.1) is 0 Å². The van der Waals surface area contributed by atoms with E-state index in [-0.39, 0.29) is 4.49 Å². The smallest absolute Gasteiger partial charge is 0.176 e. The van der Waals surface area contributed by atoms with Crippen LogP contribution in [0.2, 0.25) is 0 Å². The lowest BCUT2D eigenvalue weighted by atomic mass is 13.9. The molecule has 6 nitrogen and oxygen atoms in total. The predicted molar refractivity (Wildman–Crippen MR) is 34.8 cm³/mol. The van der Waals surface area contributed by atoms with E-state index in [0.717, 1.165) is 0 Å². The predicted octanol–water partition coefficient (Wildman–Crippen LogP) is 0.890. The normalized spacial score (nSPS) is 14.2. The number of halogens is 4. The first-order valence-electron chi connectivity index (χ1n) is 2.12. The molecule has 1 N–H and O–H groups in total. The zero-order valence-corrected chi connectivity index (χ0v) is 7.88. The molecule has 0 aliphatic carbocycles. The molecule has 80 valence electrons. The minimum Gasteiger partial charge on any atom is -0.176 e. The standard InChI is InChI=1S/F4HN2O4PS2/c1-11(2,5-12(3,7)8)6-13(4,9)10/h5H. The Morgan fingerprint density at radius 3 is 1.69 bits per heavy atom. The Hall–Kier alpha value is -0.190. The molecule has 0 amide bonds. The van der Waals surface area contributed by atoms with Gasteiger partial charge >= 0.3 is 28.6 Å². The second-order valence-corrected chi connectivity index (χ2v) is 5.56. The van der Waals surface area contributed by atoms with Gasteiger partial charge < -0.3 is 0 Å². The van der Waals surface area contributed by atoms with Crippen molar-refractivity contribution in [2.75, 3.05) is 0 Å². The first-order chi connectivity index (χ1) is 5.41. The monoisotopic (exact) mass is 264 g/mol. The van der Waals surface area contributed by atoms with Crippen LogP contribution in [0.1, 0.15) is 0 Å². The van der Waals surface area contributed by atoms with Crippen molar-refractivity contribution in [3.8, 4) is 0 Å². The zero-order valence-electron chi connectivity index (χ0n) is 5.36. The molecule has 0 aromatic rings. The third kappa shape index (κ3) is 8.15. The van der Waals surface area contributed by atoms with Crippen LogP contribution in [0.3, 0.4) is 0 Å². The molecule has 0 spiro atoms. The van der Waals surface area contributed by atoms with E-state index < -0.39 is 28.6 Å². The maximum Gasteiger partial charge on any atom is 0.422 e. The summed E-state index contributed by atoms with van der Waals surface area (Å²) in [6, 6.07) is 0. The number of nitrogens with zero attached hydrogens (tertiary/aromatic N) is 1. The van der Waals surface area contributed by atoms with Gasteiger partial charge in [-0.25, -0.2) is 0 Å². The van der Waals surface area contributed by atoms with Gasteiger partial charge in [-0.1, -0.05) is 16.4 Å². The van der Waals surface area contributed by atoms with Crippen molar-refractivity contribution in [1.82, 2.24) is 4.49 Å². The van der Waals surface area contributed by atoms with E-state index in [1.807, 2.05) is 0 Å². The highest BCUT2D eigenvalue weighted by atomic mass is 32.3. The third-order valence-corrected chi connectivity index (χ3v) is 3.77. The maximum absolute atomic E-state index is 12.0. The average molecular weight is 264 g/mol. The summed E-state index contributed by atoms with van der Waals surface area (Å²) in [5, 5.41) is 0. The molecule has 0 radical (unpaired) electrons. The van der Waals surface area contributed by atoms with Gasteiger partial charge in [0.2, 0.25) is 0 Å². The highest BCUT2D eigenvalue weighted by Crippen LogP contribution is 2.50. The summed E-state index contributed by atoms with van der Waals surface area (Å²) in [4.78, 5) is 0. The van der Waals surface area contributed by atoms with E-state index in [1.54, 1.807) is 0 Å². The molecular weight excluding hydrogens is 263 g/mol. The van der Waals surface area contributed by atoms with E-state index in [0.29, 0.717) is 0 Å². The second-order valence-electron chi connectivity index (χ2n) is 1.51. The second kappa shape index (κ2) is 3.52. The van der Waals surface area contributed by atoms with Crippen LogP contribution in [0.4, 0.5) is 16.2 Å². The summed E-state index contributed by atoms with van der Waals surface area (Å²) in [5.74, 6) is 0. The first kappa shape index (κ1) is 12.8. The van der Waals surface area contributed by atoms with Gasteiger partial charge in [0.1, 0.15) is 0 Å². The molecular formula is HF4N2O4PS2. The Morgan fingerprint density at radius 1 is 1.08 bits per heavy atom. The van der Waals surface area contributed by atoms with Crippen molar-refractivity contribution in [2.24, 2.45) is 4.15 Å².